The first-order chi connectivity index (χ1) is 13.8. The number of anilines is 1. The van der Waals surface area contributed by atoms with Crippen molar-refractivity contribution in [1.29, 1.82) is 0 Å². The van der Waals surface area contributed by atoms with Gasteiger partial charge in [0.2, 0.25) is 5.91 Å². The molecule has 29 heavy (non-hydrogen) atoms. The highest BCUT2D eigenvalue weighted by atomic mass is 32.1. The van der Waals surface area contributed by atoms with Gasteiger partial charge in [-0.15, -0.1) is 11.3 Å². The standard InChI is InChI=1S/C21H19N5O2S/c1-11-9-13(6-7-14(11)19(22)27)23-21(28)15-10-16(17-5-4-8-29-17)24-20-18(15)12(2)25-26(20)3/h4-10H,1-3H3,(H2,22,27)(H,23,28). The molecule has 146 valence electrons. The van der Waals surface area contributed by atoms with Gasteiger partial charge < -0.3 is 11.1 Å². The van der Waals surface area contributed by atoms with E-state index >= 15 is 0 Å². The van der Waals surface area contributed by atoms with Gasteiger partial charge in [0, 0.05) is 18.3 Å². The summed E-state index contributed by atoms with van der Waals surface area (Å²) in [6, 6.07) is 10.7. The van der Waals surface area contributed by atoms with Gasteiger partial charge in [0.25, 0.3) is 5.91 Å². The van der Waals surface area contributed by atoms with Gasteiger partial charge in [-0.05, 0) is 55.1 Å². The fourth-order valence-corrected chi connectivity index (χ4v) is 4.08. The summed E-state index contributed by atoms with van der Waals surface area (Å²) in [5, 5.41) is 10.0. The Hall–Kier alpha value is -3.52. The van der Waals surface area contributed by atoms with Crippen LogP contribution in [0.3, 0.4) is 0 Å². The molecule has 8 heteroatoms. The van der Waals surface area contributed by atoms with Crippen molar-refractivity contribution in [3.05, 3.63) is 64.2 Å². The number of fused-ring (bicyclic) bond motifs is 1. The number of carbonyl (C=O) groups excluding carboxylic acids is 2. The van der Waals surface area contributed by atoms with E-state index in [4.69, 9.17) is 10.7 Å². The van der Waals surface area contributed by atoms with Crippen molar-refractivity contribution < 1.29 is 9.59 Å². The molecule has 7 nitrogen and oxygen atoms in total. The summed E-state index contributed by atoms with van der Waals surface area (Å²) in [4.78, 5) is 30.3. The molecule has 0 saturated heterocycles. The molecule has 2 amide bonds. The Morgan fingerprint density at radius 1 is 1.14 bits per heavy atom. The first kappa shape index (κ1) is 18.8. The fourth-order valence-electron chi connectivity index (χ4n) is 3.39. The second-order valence-corrected chi connectivity index (χ2v) is 7.74. The van der Waals surface area contributed by atoms with Crippen molar-refractivity contribution in [2.75, 3.05) is 5.32 Å². The first-order valence-electron chi connectivity index (χ1n) is 8.95. The van der Waals surface area contributed by atoms with Gasteiger partial charge in [-0.2, -0.15) is 5.10 Å². The van der Waals surface area contributed by atoms with Crippen molar-refractivity contribution in [3.63, 3.8) is 0 Å². The molecule has 0 aliphatic carbocycles. The zero-order valence-electron chi connectivity index (χ0n) is 16.2. The number of aryl methyl sites for hydroxylation is 3. The number of benzene rings is 1. The van der Waals surface area contributed by atoms with Crippen LogP contribution in [-0.2, 0) is 7.05 Å². The van der Waals surface area contributed by atoms with Crippen molar-refractivity contribution in [3.8, 4) is 10.6 Å². The van der Waals surface area contributed by atoms with Crippen LogP contribution in [0.2, 0.25) is 0 Å². The smallest absolute Gasteiger partial charge is 0.256 e. The number of hydrogen-bond donors (Lipinski definition) is 2. The fraction of sp³-hybridized carbons (Fsp3) is 0.143. The molecule has 0 saturated carbocycles. The Morgan fingerprint density at radius 3 is 2.59 bits per heavy atom. The molecule has 4 rings (SSSR count). The maximum atomic E-state index is 13.2. The molecule has 0 fully saturated rings. The number of nitrogens with one attached hydrogen (secondary N) is 1. The van der Waals surface area contributed by atoms with Crippen LogP contribution < -0.4 is 11.1 Å². The topological polar surface area (TPSA) is 103 Å². The third-order valence-corrected chi connectivity index (χ3v) is 5.63. The van der Waals surface area contributed by atoms with Crippen molar-refractivity contribution in [2.45, 2.75) is 13.8 Å². The zero-order valence-corrected chi connectivity index (χ0v) is 17.0. The molecule has 3 heterocycles. The predicted molar refractivity (Wildman–Crippen MR) is 114 cm³/mol. The molecule has 3 aromatic heterocycles. The summed E-state index contributed by atoms with van der Waals surface area (Å²) in [5.74, 6) is -0.764. The van der Waals surface area contributed by atoms with Crippen LogP contribution in [0.15, 0.2) is 41.8 Å². The minimum atomic E-state index is -0.497. The molecule has 0 atom stereocenters. The number of thiophene rings is 1. The van der Waals surface area contributed by atoms with Crippen molar-refractivity contribution in [1.82, 2.24) is 14.8 Å². The quantitative estimate of drug-likeness (QED) is 0.541. The number of primary amides is 1. The number of pyridine rings is 1. The first-order valence-corrected chi connectivity index (χ1v) is 9.83. The molecule has 1 aromatic carbocycles. The van der Waals surface area contributed by atoms with E-state index in [1.54, 1.807) is 47.2 Å². The largest absolute Gasteiger partial charge is 0.366 e. The zero-order chi connectivity index (χ0) is 20.7. The third-order valence-electron chi connectivity index (χ3n) is 4.74. The van der Waals surface area contributed by atoms with Crippen molar-refractivity contribution in [2.24, 2.45) is 12.8 Å². The van der Waals surface area contributed by atoms with Crippen LogP contribution in [0.1, 0.15) is 32.0 Å². The second kappa shape index (κ2) is 7.14. The highest BCUT2D eigenvalue weighted by Crippen LogP contribution is 2.30. The minimum Gasteiger partial charge on any atom is -0.366 e. The van der Waals surface area contributed by atoms with Gasteiger partial charge >= 0.3 is 0 Å². The number of nitrogens with two attached hydrogens (primary N) is 1. The minimum absolute atomic E-state index is 0.266. The van der Waals surface area contributed by atoms with Gasteiger partial charge in [0.1, 0.15) is 0 Å². The number of nitrogens with zero attached hydrogens (tertiary/aromatic N) is 3. The van der Waals surface area contributed by atoms with Gasteiger partial charge in [-0.25, -0.2) is 4.98 Å². The highest BCUT2D eigenvalue weighted by Gasteiger charge is 2.20. The lowest BCUT2D eigenvalue weighted by atomic mass is 10.1. The third kappa shape index (κ3) is 3.38. The van der Waals surface area contributed by atoms with Crippen LogP contribution in [0.25, 0.3) is 21.6 Å². The monoisotopic (exact) mass is 405 g/mol. The maximum absolute atomic E-state index is 13.2. The summed E-state index contributed by atoms with van der Waals surface area (Å²) >= 11 is 1.56. The molecule has 0 unspecified atom stereocenters. The summed E-state index contributed by atoms with van der Waals surface area (Å²) < 4.78 is 1.68. The van der Waals surface area contributed by atoms with Gasteiger partial charge in [-0.3, -0.25) is 14.3 Å². The lowest BCUT2D eigenvalue weighted by Gasteiger charge is -2.10. The number of hydrogen-bond acceptors (Lipinski definition) is 5. The SMILES string of the molecule is Cc1cc(NC(=O)c2cc(-c3cccs3)nc3c2c(C)nn3C)ccc1C(N)=O. The number of aromatic nitrogens is 3. The molecule has 3 N–H and O–H groups in total. The summed E-state index contributed by atoms with van der Waals surface area (Å²) in [5.41, 5.74) is 9.68. The average molecular weight is 405 g/mol. The van der Waals surface area contributed by atoms with Crippen LogP contribution in [0.5, 0.6) is 0 Å². The molecule has 0 radical (unpaired) electrons. The van der Waals surface area contributed by atoms with Crippen LogP contribution >= 0.6 is 11.3 Å². The summed E-state index contributed by atoms with van der Waals surface area (Å²) in [6.45, 7) is 3.64. The van der Waals surface area contributed by atoms with E-state index in [2.05, 4.69) is 10.4 Å². The Morgan fingerprint density at radius 2 is 1.93 bits per heavy atom. The number of amides is 2. The maximum Gasteiger partial charge on any atom is 0.256 e. The Kier molecular flexibility index (Phi) is 4.63. The molecule has 4 aromatic rings. The van der Waals surface area contributed by atoms with E-state index in [9.17, 15) is 9.59 Å². The van der Waals surface area contributed by atoms with E-state index in [0.29, 0.717) is 28.0 Å². The summed E-state index contributed by atoms with van der Waals surface area (Å²) in [7, 11) is 1.81. The van der Waals surface area contributed by atoms with Gasteiger partial charge in [0.05, 0.1) is 27.2 Å². The normalized spacial score (nSPS) is 11.0. The van der Waals surface area contributed by atoms with E-state index < -0.39 is 5.91 Å². The lowest BCUT2D eigenvalue weighted by molar-refractivity contribution is 0.0998. The molecule has 0 aliphatic heterocycles. The average Bonchev–Trinajstić information content (AvgIpc) is 3.30. The molecular formula is C21H19N5O2S. The Bertz CT molecular complexity index is 1260. The Labute approximate surface area is 171 Å². The Balaban J connectivity index is 1.79. The van der Waals surface area contributed by atoms with Crippen LogP contribution in [-0.4, -0.2) is 26.6 Å². The molecular weight excluding hydrogens is 386 g/mol. The summed E-state index contributed by atoms with van der Waals surface area (Å²) in [6.07, 6.45) is 0. The van der Waals surface area contributed by atoms with E-state index in [-0.39, 0.29) is 5.91 Å². The highest BCUT2D eigenvalue weighted by molar-refractivity contribution is 7.13. The molecule has 0 spiro atoms. The number of carbonyl (C=O) groups is 2. The lowest BCUT2D eigenvalue weighted by Crippen LogP contribution is -2.15. The van der Waals surface area contributed by atoms with Crippen molar-refractivity contribution >= 4 is 39.9 Å². The van der Waals surface area contributed by atoms with Gasteiger partial charge in [0.15, 0.2) is 5.65 Å². The van der Waals surface area contributed by atoms with Gasteiger partial charge in [-0.1, -0.05) is 6.07 Å². The molecule has 0 bridgehead atoms. The second-order valence-electron chi connectivity index (χ2n) is 6.79. The van der Waals surface area contributed by atoms with Crippen LogP contribution in [0, 0.1) is 13.8 Å². The van der Waals surface area contributed by atoms with E-state index in [1.807, 2.05) is 31.5 Å². The predicted octanol–water partition coefficient (Wildman–Crippen LogP) is 3.66. The van der Waals surface area contributed by atoms with E-state index in [0.717, 1.165) is 21.7 Å². The van der Waals surface area contributed by atoms with E-state index in [1.165, 1.54) is 0 Å². The van der Waals surface area contributed by atoms with Crippen LogP contribution in [0.4, 0.5) is 5.69 Å². The number of rotatable bonds is 4. The molecule has 0 aliphatic rings.